The van der Waals surface area contributed by atoms with Crippen LogP contribution in [0.5, 0.6) is 0 Å². The number of hydrogen-bond donors (Lipinski definition) is 2. The van der Waals surface area contributed by atoms with Gasteiger partial charge >= 0.3 is 0 Å². The minimum atomic E-state index is -3.15. The van der Waals surface area contributed by atoms with Crippen LogP contribution in [0.4, 0.5) is 0 Å². The fourth-order valence-electron chi connectivity index (χ4n) is 0.774. The molecule has 0 aliphatic carbocycles. The molecule has 0 spiro atoms. The standard InChI is InChI=1S/C8H18N2O2S/c1-4-8(3)10-13(11,12)7-6-9-5-2/h4,8-10H,1,5-7H2,2-3H3. The number of hydrogen-bond acceptors (Lipinski definition) is 3. The average molecular weight is 206 g/mol. The monoisotopic (exact) mass is 206 g/mol. The summed E-state index contributed by atoms with van der Waals surface area (Å²) in [4.78, 5) is 0. The van der Waals surface area contributed by atoms with Crippen molar-refractivity contribution in [3.63, 3.8) is 0 Å². The topological polar surface area (TPSA) is 58.2 Å². The molecule has 0 aromatic rings. The fraction of sp³-hybridized carbons (Fsp3) is 0.750. The number of sulfonamides is 1. The lowest BCUT2D eigenvalue weighted by atomic mass is 10.4. The van der Waals surface area contributed by atoms with Gasteiger partial charge in [-0.05, 0) is 13.5 Å². The van der Waals surface area contributed by atoms with E-state index in [2.05, 4.69) is 16.6 Å². The lowest BCUT2D eigenvalue weighted by Gasteiger charge is -2.09. The summed E-state index contributed by atoms with van der Waals surface area (Å²) in [5, 5.41) is 2.95. The molecule has 0 saturated carbocycles. The first-order valence-corrected chi connectivity index (χ1v) is 6.00. The summed E-state index contributed by atoms with van der Waals surface area (Å²) in [6.07, 6.45) is 1.56. The molecule has 0 fully saturated rings. The summed E-state index contributed by atoms with van der Waals surface area (Å²) in [6.45, 7) is 8.45. The Labute approximate surface area is 80.5 Å². The highest BCUT2D eigenvalue weighted by Gasteiger charge is 2.10. The Morgan fingerprint density at radius 2 is 2.15 bits per heavy atom. The van der Waals surface area contributed by atoms with Gasteiger partial charge < -0.3 is 5.32 Å². The zero-order chi connectivity index (χ0) is 10.3. The second-order valence-electron chi connectivity index (χ2n) is 2.81. The van der Waals surface area contributed by atoms with Crippen LogP contribution in [-0.4, -0.2) is 33.3 Å². The lowest BCUT2D eigenvalue weighted by molar-refractivity contribution is 0.572. The second kappa shape index (κ2) is 6.12. The molecule has 13 heavy (non-hydrogen) atoms. The molecule has 0 aliphatic rings. The van der Waals surface area contributed by atoms with Crippen molar-refractivity contribution in [1.82, 2.24) is 10.0 Å². The van der Waals surface area contributed by atoms with E-state index in [-0.39, 0.29) is 11.8 Å². The Bertz CT molecular complexity index is 237. The Kier molecular flexibility index (Phi) is 5.94. The van der Waals surface area contributed by atoms with Crippen LogP contribution >= 0.6 is 0 Å². The first-order chi connectivity index (χ1) is 6.02. The third kappa shape index (κ3) is 6.74. The molecule has 5 heteroatoms. The average Bonchev–Trinajstić information content (AvgIpc) is 2.03. The van der Waals surface area contributed by atoms with Crippen LogP contribution in [0.15, 0.2) is 12.7 Å². The number of nitrogens with one attached hydrogen (secondary N) is 2. The van der Waals surface area contributed by atoms with E-state index in [9.17, 15) is 8.42 Å². The molecule has 0 heterocycles. The first-order valence-electron chi connectivity index (χ1n) is 4.35. The smallest absolute Gasteiger partial charge is 0.213 e. The van der Waals surface area contributed by atoms with Crippen molar-refractivity contribution in [2.75, 3.05) is 18.8 Å². The van der Waals surface area contributed by atoms with Gasteiger partial charge in [-0.15, -0.1) is 6.58 Å². The Morgan fingerprint density at radius 1 is 1.54 bits per heavy atom. The molecule has 0 saturated heterocycles. The summed E-state index contributed by atoms with van der Waals surface area (Å²) >= 11 is 0. The molecular weight excluding hydrogens is 188 g/mol. The highest BCUT2D eigenvalue weighted by Crippen LogP contribution is 1.89. The molecular formula is C8H18N2O2S. The van der Waals surface area contributed by atoms with Gasteiger partial charge in [0, 0.05) is 12.6 Å². The van der Waals surface area contributed by atoms with Crippen molar-refractivity contribution < 1.29 is 8.42 Å². The van der Waals surface area contributed by atoms with E-state index < -0.39 is 10.0 Å². The minimum Gasteiger partial charge on any atom is -0.316 e. The molecule has 0 aromatic carbocycles. The largest absolute Gasteiger partial charge is 0.316 e. The molecule has 0 radical (unpaired) electrons. The molecule has 0 aliphatic heterocycles. The van der Waals surface area contributed by atoms with Crippen molar-refractivity contribution in [3.05, 3.63) is 12.7 Å². The van der Waals surface area contributed by atoms with Crippen LogP contribution in [-0.2, 0) is 10.0 Å². The van der Waals surface area contributed by atoms with Gasteiger partial charge in [-0.25, -0.2) is 13.1 Å². The summed E-state index contributed by atoms with van der Waals surface area (Å²) in [5.74, 6) is 0.110. The predicted molar refractivity (Wildman–Crippen MR) is 55.1 cm³/mol. The van der Waals surface area contributed by atoms with Gasteiger partial charge in [0.25, 0.3) is 0 Å². The summed E-state index contributed by atoms with van der Waals surface area (Å²) in [6, 6.07) is -0.202. The third-order valence-corrected chi connectivity index (χ3v) is 2.99. The Balaban J connectivity index is 3.87. The maximum atomic E-state index is 11.3. The molecule has 0 aromatic heterocycles. The number of rotatable bonds is 7. The summed E-state index contributed by atoms with van der Waals surface area (Å²) in [5.41, 5.74) is 0. The first kappa shape index (κ1) is 12.6. The van der Waals surface area contributed by atoms with E-state index in [1.165, 1.54) is 0 Å². The van der Waals surface area contributed by atoms with Gasteiger partial charge in [-0.3, -0.25) is 0 Å². The summed E-state index contributed by atoms with van der Waals surface area (Å²) in [7, 11) is -3.15. The maximum absolute atomic E-state index is 11.3. The van der Waals surface area contributed by atoms with E-state index in [4.69, 9.17) is 0 Å². The Hall–Kier alpha value is -0.390. The molecule has 78 valence electrons. The zero-order valence-corrected chi connectivity index (χ0v) is 9.02. The molecule has 0 rings (SSSR count). The Morgan fingerprint density at radius 3 is 2.62 bits per heavy atom. The fourth-order valence-corrected chi connectivity index (χ4v) is 1.97. The normalized spacial score (nSPS) is 14.0. The molecule has 4 nitrogen and oxygen atoms in total. The van der Waals surface area contributed by atoms with Crippen molar-refractivity contribution in [2.45, 2.75) is 19.9 Å². The van der Waals surface area contributed by atoms with Gasteiger partial charge in [-0.2, -0.15) is 0 Å². The van der Waals surface area contributed by atoms with Gasteiger partial charge in [-0.1, -0.05) is 13.0 Å². The molecule has 2 N–H and O–H groups in total. The molecule has 1 unspecified atom stereocenters. The predicted octanol–water partition coefficient (Wildman–Crippen LogP) is 0.0898. The van der Waals surface area contributed by atoms with Crippen LogP contribution in [0.1, 0.15) is 13.8 Å². The third-order valence-electron chi connectivity index (χ3n) is 1.52. The van der Waals surface area contributed by atoms with Crippen molar-refractivity contribution in [2.24, 2.45) is 0 Å². The quantitative estimate of drug-likeness (QED) is 0.458. The zero-order valence-electron chi connectivity index (χ0n) is 8.21. The van der Waals surface area contributed by atoms with E-state index >= 15 is 0 Å². The highest BCUT2D eigenvalue weighted by atomic mass is 32.2. The molecule has 0 amide bonds. The SMILES string of the molecule is C=CC(C)NS(=O)(=O)CCNCC. The van der Waals surface area contributed by atoms with Crippen molar-refractivity contribution in [3.8, 4) is 0 Å². The second-order valence-corrected chi connectivity index (χ2v) is 4.69. The van der Waals surface area contributed by atoms with E-state index in [0.717, 1.165) is 6.54 Å². The van der Waals surface area contributed by atoms with Crippen LogP contribution in [0, 0.1) is 0 Å². The highest BCUT2D eigenvalue weighted by molar-refractivity contribution is 7.89. The van der Waals surface area contributed by atoms with Crippen LogP contribution in [0.25, 0.3) is 0 Å². The van der Waals surface area contributed by atoms with Gasteiger partial charge in [0.1, 0.15) is 0 Å². The van der Waals surface area contributed by atoms with E-state index in [1.807, 2.05) is 6.92 Å². The van der Waals surface area contributed by atoms with Crippen LogP contribution in [0.2, 0.25) is 0 Å². The summed E-state index contributed by atoms with van der Waals surface area (Å²) < 4.78 is 25.0. The van der Waals surface area contributed by atoms with Gasteiger partial charge in [0.05, 0.1) is 5.75 Å². The van der Waals surface area contributed by atoms with Crippen molar-refractivity contribution >= 4 is 10.0 Å². The minimum absolute atomic E-state index is 0.110. The van der Waals surface area contributed by atoms with Crippen LogP contribution in [0.3, 0.4) is 0 Å². The van der Waals surface area contributed by atoms with Crippen molar-refractivity contribution in [1.29, 1.82) is 0 Å². The van der Waals surface area contributed by atoms with Gasteiger partial charge in [0.15, 0.2) is 0 Å². The molecule has 1 atom stereocenters. The lowest BCUT2D eigenvalue weighted by Crippen LogP contribution is -2.36. The molecule has 0 bridgehead atoms. The maximum Gasteiger partial charge on any atom is 0.213 e. The van der Waals surface area contributed by atoms with E-state index in [1.54, 1.807) is 13.0 Å². The van der Waals surface area contributed by atoms with E-state index in [0.29, 0.717) is 6.54 Å². The van der Waals surface area contributed by atoms with Crippen LogP contribution < -0.4 is 10.0 Å². The van der Waals surface area contributed by atoms with Gasteiger partial charge in [0.2, 0.25) is 10.0 Å².